The summed E-state index contributed by atoms with van der Waals surface area (Å²) in [4.78, 5) is 1.94. The Bertz CT molecular complexity index is 471. The van der Waals surface area contributed by atoms with Gasteiger partial charge >= 0.3 is 0 Å². The number of hydrogen-bond acceptors (Lipinski definition) is 5. The van der Waals surface area contributed by atoms with E-state index in [-0.39, 0.29) is 5.75 Å². The average molecular weight is 286 g/mol. The molecule has 0 radical (unpaired) electrons. The molecule has 0 saturated carbocycles. The second-order valence-corrected chi connectivity index (χ2v) is 6.89. The van der Waals surface area contributed by atoms with Gasteiger partial charge in [0.15, 0.2) is 0 Å². The van der Waals surface area contributed by atoms with Crippen molar-refractivity contribution in [2.24, 2.45) is 5.73 Å². The summed E-state index contributed by atoms with van der Waals surface area (Å²) in [5.41, 5.74) is 6.58. The molecule has 0 heterocycles. The molecule has 1 aromatic carbocycles. The predicted octanol–water partition coefficient (Wildman–Crippen LogP) is 0.501. The number of ether oxygens (including phenoxy) is 1. The first kappa shape index (κ1) is 15.9. The number of hydrogen-bond donors (Lipinski definition) is 1. The molecule has 0 saturated heterocycles. The summed E-state index contributed by atoms with van der Waals surface area (Å²) in [7, 11) is -1.02. The molecule has 0 aliphatic rings. The number of sulfone groups is 1. The molecule has 0 spiro atoms. The van der Waals surface area contributed by atoms with Crippen LogP contribution in [0.4, 0.5) is 0 Å². The quantitative estimate of drug-likeness (QED) is 0.753. The van der Waals surface area contributed by atoms with E-state index in [9.17, 15) is 8.42 Å². The van der Waals surface area contributed by atoms with Crippen LogP contribution in [-0.4, -0.2) is 52.1 Å². The molecular formula is C13H22N2O3S. The van der Waals surface area contributed by atoms with Crippen molar-refractivity contribution in [3.63, 3.8) is 0 Å². The molecule has 2 N–H and O–H groups in total. The van der Waals surface area contributed by atoms with E-state index in [2.05, 4.69) is 0 Å². The van der Waals surface area contributed by atoms with Crippen LogP contribution in [-0.2, 0) is 16.4 Å². The molecule has 0 atom stereocenters. The van der Waals surface area contributed by atoms with Gasteiger partial charge in [0.05, 0.1) is 5.75 Å². The van der Waals surface area contributed by atoms with Crippen LogP contribution in [0.25, 0.3) is 0 Å². The van der Waals surface area contributed by atoms with Gasteiger partial charge in [-0.05, 0) is 24.7 Å². The van der Waals surface area contributed by atoms with Gasteiger partial charge < -0.3 is 15.4 Å². The Morgan fingerprint density at radius 3 is 2.37 bits per heavy atom. The molecule has 108 valence electrons. The van der Waals surface area contributed by atoms with Crippen LogP contribution in [0.5, 0.6) is 5.75 Å². The van der Waals surface area contributed by atoms with Crippen molar-refractivity contribution in [1.82, 2.24) is 4.90 Å². The lowest BCUT2D eigenvalue weighted by molar-refractivity contribution is 0.244. The maximum Gasteiger partial charge on any atom is 0.148 e. The van der Waals surface area contributed by atoms with Gasteiger partial charge in [0.25, 0.3) is 0 Å². The van der Waals surface area contributed by atoms with Crippen molar-refractivity contribution < 1.29 is 13.2 Å². The normalized spacial score (nSPS) is 11.8. The third kappa shape index (κ3) is 7.15. The van der Waals surface area contributed by atoms with E-state index in [4.69, 9.17) is 10.5 Å². The Balaban J connectivity index is 2.25. The fourth-order valence-corrected chi connectivity index (χ4v) is 2.12. The minimum Gasteiger partial charge on any atom is -0.492 e. The molecule has 0 fully saturated rings. The highest BCUT2D eigenvalue weighted by Crippen LogP contribution is 2.11. The lowest BCUT2D eigenvalue weighted by Gasteiger charge is -2.16. The van der Waals surface area contributed by atoms with Gasteiger partial charge in [0.2, 0.25) is 0 Å². The van der Waals surface area contributed by atoms with Crippen molar-refractivity contribution in [3.8, 4) is 5.75 Å². The van der Waals surface area contributed by atoms with Crippen LogP contribution < -0.4 is 10.5 Å². The molecule has 0 amide bonds. The fraction of sp³-hybridized carbons (Fsp3) is 0.538. The Labute approximate surface area is 115 Å². The second-order valence-electron chi connectivity index (χ2n) is 4.63. The molecule has 0 unspecified atom stereocenters. The van der Waals surface area contributed by atoms with Gasteiger partial charge in [-0.3, -0.25) is 0 Å². The molecule has 1 rings (SSSR count). The molecule has 6 heteroatoms. The van der Waals surface area contributed by atoms with Gasteiger partial charge in [0, 0.05) is 25.9 Å². The zero-order chi connectivity index (χ0) is 14.3. The first-order chi connectivity index (χ1) is 8.90. The Hall–Kier alpha value is -1.11. The number of rotatable bonds is 8. The van der Waals surface area contributed by atoms with Gasteiger partial charge in [-0.15, -0.1) is 0 Å². The fourth-order valence-electron chi connectivity index (χ4n) is 1.47. The van der Waals surface area contributed by atoms with Crippen LogP contribution in [0.1, 0.15) is 5.56 Å². The summed E-state index contributed by atoms with van der Waals surface area (Å²) in [6.45, 7) is 2.26. The maximum absolute atomic E-state index is 11.0. The number of likely N-dealkylation sites (N-methyl/N-ethyl adjacent to an activating group) is 1. The van der Waals surface area contributed by atoms with Crippen LogP contribution >= 0.6 is 0 Å². The van der Waals surface area contributed by atoms with Crippen LogP contribution in [0, 0.1) is 0 Å². The third-order valence-electron chi connectivity index (χ3n) is 2.74. The van der Waals surface area contributed by atoms with E-state index in [0.29, 0.717) is 26.2 Å². The molecule has 19 heavy (non-hydrogen) atoms. The maximum atomic E-state index is 11.0. The second kappa shape index (κ2) is 7.47. The highest BCUT2D eigenvalue weighted by molar-refractivity contribution is 7.90. The predicted molar refractivity (Wildman–Crippen MR) is 77.0 cm³/mol. The SMILES string of the molecule is CN(CCOc1ccc(CN)cc1)CCS(C)(=O)=O. The molecular weight excluding hydrogens is 264 g/mol. The van der Waals surface area contributed by atoms with E-state index in [1.807, 2.05) is 36.2 Å². The number of nitrogens with two attached hydrogens (primary N) is 1. The number of nitrogens with zero attached hydrogens (tertiary/aromatic N) is 1. The summed E-state index contributed by atoms with van der Waals surface area (Å²) in [5, 5.41) is 0. The Kier molecular flexibility index (Phi) is 6.27. The molecule has 0 bridgehead atoms. The van der Waals surface area contributed by atoms with E-state index in [0.717, 1.165) is 11.3 Å². The lowest BCUT2D eigenvalue weighted by atomic mass is 10.2. The van der Waals surface area contributed by atoms with Gasteiger partial charge in [-0.25, -0.2) is 8.42 Å². The molecule has 1 aromatic rings. The highest BCUT2D eigenvalue weighted by Gasteiger charge is 2.05. The minimum atomic E-state index is -2.90. The third-order valence-corrected chi connectivity index (χ3v) is 3.67. The zero-order valence-corrected chi connectivity index (χ0v) is 12.3. The minimum absolute atomic E-state index is 0.175. The molecule has 0 aliphatic heterocycles. The van der Waals surface area contributed by atoms with Gasteiger partial charge in [0.1, 0.15) is 22.2 Å². The van der Waals surface area contributed by atoms with Crippen molar-refractivity contribution in [2.75, 3.05) is 38.8 Å². The molecule has 0 aliphatic carbocycles. The summed E-state index contributed by atoms with van der Waals surface area (Å²) in [6.07, 6.45) is 1.25. The topological polar surface area (TPSA) is 72.6 Å². The van der Waals surface area contributed by atoms with Gasteiger partial charge in [-0.2, -0.15) is 0 Å². The summed E-state index contributed by atoms with van der Waals surface area (Å²) in [5.74, 6) is 0.975. The molecule has 5 nitrogen and oxygen atoms in total. The van der Waals surface area contributed by atoms with Gasteiger partial charge in [-0.1, -0.05) is 12.1 Å². The smallest absolute Gasteiger partial charge is 0.148 e. The van der Waals surface area contributed by atoms with Crippen LogP contribution in [0.2, 0.25) is 0 Å². The van der Waals surface area contributed by atoms with Crippen molar-refractivity contribution in [2.45, 2.75) is 6.54 Å². The lowest BCUT2D eigenvalue weighted by Crippen LogP contribution is -2.29. The Morgan fingerprint density at radius 2 is 1.84 bits per heavy atom. The average Bonchev–Trinajstić information content (AvgIpc) is 2.36. The summed E-state index contributed by atoms with van der Waals surface area (Å²) in [6, 6.07) is 7.64. The summed E-state index contributed by atoms with van der Waals surface area (Å²) < 4.78 is 27.6. The van der Waals surface area contributed by atoms with E-state index >= 15 is 0 Å². The molecule has 0 aromatic heterocycles. The highest BCUT2D eigenvalue weighted by atomic mass is 32.2. The largest absolute Gasteiger partial charge is 0.492 e. The standard InChI is InChI=1S/C13H22N2O3S/c1-15(8-10-19(2,16)17)7-9-18-13-5-3-12(11-14)4-6-13/h3-6H,7-11,14H2,1-2H3. The van der Waals surface area contributed by atoms with Crippen LogP contribution in [0.15, 0.2) is 24.3 Å². The summed E-state index contributed by atoms with van der Waals surface area (Å²) >= 11 is 0. The van der Waals surface area contributed by atoms with E-state index < -0.39 is 9.84 Å². The zero-order valence-electron chi connectivity index (χ0n) is 11.5. The first-order valence-electron chi connectivity index (χ1n) is 6.19. The van der Waals surface area contributed by atoms with Crippen molar-refractivity contribution in [3.05, 3.63) is 29.8 Å². The monoisotopic (exact) mass is 286 g/mol. The number of benzene rings is 1. The van der Waals surface area contributed by atoms with Crippen molar-refractivity contribution >= 4 is 9.84 Å². The van der Waals surface area contributed by atoms with E-state index in [1.165, 1.54) is 6.26 Å². The Morgan fingerprint density at radius 1 is 1.21 bits per heavy atom. The van der Waals surface area contributed by atoms with E-state index in [1.54, 1.807) is 0 Å². The first-order valence-corrected chi connectivity index (χ1v) is 8.25. The van der Waals surface area contributed by atoms with Crippen molar-refractivity contribution in [1.29, 1.82) is 0 Å². The van der Waals surface area contributed by atoms with Crippen LogP contribution in [0.3, 0.4) is 0 Å².